The Morgan fingerprint density at radius 2 is 1.95 bits per heavy atom. The van der Waals surface area contributed by atoms with Crippen LogP contribution in [0.4, 0.5) is 4.79 Å². The molecule has 6 heteroatoms. The van der Waals surface area contributed by atoms with Crippen LogP contribution in [0, 0.1) is 0 Å². The summed E-state index contributed by atoms with van der Waals surface area (Å²) in [5, 5.41) is 11.7. The van der Waals surface area contributed by atoms with Gasteiger partial charge in [0, 0.05) is 6.54 Å². The van der Waals surface area contributed by atoms with Crippen molar-refractivity contribution in [3.05, 3.63) is 29.3 Å². The molecular formula is C15H21NO5. The standard InChI is InChI=1S/C15H21NO5/c1-15(2,3)21-14(19)16-8-7-10-5-6-12(20-4)11(9-10)13(17)18/h5-6,9H,7-8H2,1-4H3,(H,16,19)(H,17,18). The molecule has 0 saturated carbocycles. The molecule has 0 aliphatic heterocycles. The molecule has 0 bridgehead atoms. The molecule has 1 amide bonds. The van der Waals surface area contributed by atoms with E-state index < -0.39 is 17.7 Å². The molecule has 21 heavy (non-hydrogen) atoms. The third-order valence-corrected chi connectivity index (χ3v) is 2.58. The molecule has 0 radical (unpaired) electrons. The second kappa shape index (κ2) is 6.97. The van der Waals surface area contributed by atoms with Crippen LogP contribution in [0.15, 0.2) is 18.2 Å². The number of carboxylic acids is 1. The van der Waals surface area contributed by atoms with E-state index in [4.69, 9.17) is 14.6 Å². The Morgan fingerprint density at radius 1 is 1.29 bits per heavy atom. The number of benzene rings is 1. The van der Waals surface area contributed by atoms with Crippen LogP contribution in [0.1, 0.15) is 36.7 Å². The Labute approximate surface area is 124 Å². The normalized spacial score (nSPS) is 10.9. The molecule has 1 aromatic carbocycles. The number of carbonyl (C=O) groups excluding carboxylic acids is 1. The predicted octanol–water partition coefficient (Wildman–Crippen LogP) is 2.46. The largest absolute Gasteiger partial charge is 0.496 e. The van der Waals surface area contributed by atoms with Crippen LogP contribution in [0.5, 0.6) is 5.75 Å². The van der Waals surface area contributed by atoms with Crippen LogP contribution < -0.4 is 10.1 Å². The number of methoxy groups -OCH3 is 1. The van der Waals surface area contributed by atoms with Gasteiger partial charge in [-0.05, 0) is 44.9 Å². The van der Waals surface area contributed by atoms with E-state index in [9.17, 15) is 9.59 Å². The Kier molecular flexibility index (Phi) is 5.58. The van der Waals surface area contributed by atoms with Crippen LogP contribution in [0.3, 0.4) is 0 Å². The van der Waals surface area contributed by atoms with Crippen molar-refractivity contribution in [1.29, 1.82) is 0 Å². The van der Waals surface area contributed by atoms with E-state index in [2.05, 4.69) is 5.32 Å². The third-order valence-electron chi connectivity index (χ3n) is 2.58. The first kappa shape index (κ1) is 16.8. The van der Waals surface area contributed by atoms with Crippen molar-refractivity contribution in [2.45, 2.75) is 32.8 Å². The zero-order chi connectivity index (χ0) is 16.0. The smallest absolute Gasteiger partial charge is 0.407 e. The number of nitrogens with one attached hydrogen (secondary N) is 1. The minimum absolute atomic E-state index is 0.104. The minimum atomic E-state index is -1.05. The first-order valence-corrected chi connectivity index (χ1v) is 6.60. The van der Waals surface area contributed by atoms with Crippen molar-refractivity contribution in [2.24, 2.45) is 0 Å². The fourth-order valence-electron chi connectivity index (χ4n) is 1.70. The van der Waals surface area contributed by atoms with Gasteiger partial charge in [-0.2, -0.15) is 0 Å². The molecule has 0 spiro atoms. The van der Waals surface area contributed by atoms with Crippen molar-refractivity contribution >= 4 is 12.1 Å². The molecule has 2 N–H and O–H groups in total. The van der Waals surface area contributed by atoms with Crippen LogP contribution in [-0.2, 0) is 11.2 Å². The van der Waals surface area contributed by atoms with Crippen LogP contribution >= 0.6 is 0 Å². The van der Waals surface area contributed by atoms with Gasteiger partial charge in [0.05, 0.1) is 7.11 Å². The number of amides is 1. The summed E-state index contributed by atoms with van der Waals surface area (Å²) in [5.41, 5.74) is 0.359. The maximum atomic E-state index is 11.5. The summed E-state index contributed by atoms with van der Waals surface area (Å²) in [6, 6.07) is 4.91. The summed E-state index contributed by atoms with van der Waals surface area (Å²) >= 11 is 0. The van der Waals surface area contributed by atoms with Crippen molar-refractivity contribution in [2.75, 3.05) is 13.7 Å². The number of carbonyl (C=O) groups is 2. The molecule has 0 unspecified atom stereocenters. The summed E-state index contributed by atoms with van der Waals surface area (Å²) in [6.07, 6.45) is 0.0123. The molecular weight excluding hydrogens is 274 g/mol. The van der Waals surface area contributed by atoms with Gasteiger partial charge >= 0.3 is 12.1 Å². The Hall–Kier alpha value is -2.24. The first-order chi connectivity index (χ1) is 9.73. The van der Waals surface area contributed by atoms with Gasteiger partial charge in [0.1, 0.15) is 16.9 Å². The minimum Gasteiger partial charge on any atom is -0.496 e. The van der Waals surface area contributed by atoms with Crippen molar-refractivity contribution < 1.29 is 24.2 Å². The number of ether oxygens (including phenoxy) is 2. The molecule has 0 heterocycles. The van der Waals surface area contributed by atoms with Gasteiger partial charge < -0.3 is 19.9 Å². The summed E-state index contributed by atoms with van der Waals surface area (Å²) in [5.74, 6) is -0.736. The number of hydrogen-bond acceptors (Lipinski definition) is 4. The highest BCUT2D eigenvalue weighted by Crippen LogP contribution is 2.20. The SMILES string of the molecule is COc1ccc(CCNC(=O)OC(C)(C)C)cc1C(=O)O. The summed E-state index contributed by atoms with van der Waals surface area (Å²) in [6.45, 7) is 5.72. The molecule has 6 nitrogen and oxygen atoms in total. The Balaban J connectivity index is 2.58. The zero-order valence-electron chi connectivity index (χ0n) is 12.7. The number of rotatable bonds is 5. The summed E-state index contributed by atoms with van der Waals surface area (Å²) < 4.78 is 10.1. The van der Waals surface area contributed by atoms with Crippen molar-refractivity contribution in [3.8, 4) is 5.75 Å². The monoisotopic (exact) mass is 295 g/mol. The average molecular weight is 295 g/mol. The third kappa shape index (κ3) is 5.72. The van der Waals surface area contributed by atoms with E-state index in [1.165, 1.54) is 13.2 Å². The molecule has 0 saturated heterocycles. The lowest BCUT2D eigenvalue weighted by Crippen LogP contribution is -2.33. The Morgan fingerprint density at radius 3 is 2.48 bits per heavy atom. The lowest BCUT2D eigenvalue weighted by atomic mass is 10.1. The molecule has 0 aliphatic carbocycles. The Bertz CT molecular complexity index is 519. The number of carboxylic acid groups (broad SMARTS) is 1. The fraction of sp³-hybridized carbons (Fsp3) is 0.467. The lowest BCUT2D eigenvalue weighted by molar-refractivity contribution is 0.0527. The van der Waals surface area contributed by atoms with Crippen LogP contribution in [0.25, 0.3) is 0 Å². The van der Waals surface area contributed by atoms with Gasteiger partial charge in [-0.15, -0.1) is 0 Å². The van der Waals surface area contributed by atoms with Gasteiger partial charge in [-0.25, -0.2) is 9.59 Å². The second-order valence-electron chi connectivity index (χ2n) is 5.52. The van der Waals surface area contributed by atoms with E-state index in [0.29, 0.717) is 18.7 Å². The van der Waals surface area contributed by atoms with Crippen molar-refractivity contribution in [1.82, 2.24) is 5.32 Å². The molecule has 0 atom stereocenters. The molecule has 116 valence electrons. The van der Waals surface area contributed by atoms with Gasteiger partial charge in [-0.3, -0.25) is 0 Å². The zero-order valence-corrected chi connectivity index (χ0v) is 12.7. The van der Waals surface area contributed by atoms with E-state index in [0.717, 1.165) is 5.56 Å². The quantitative estimate of drug-likeness (QED) is 0.871. The average Bonchev–Trinajstić information content (AvgIpc) is 2.36. The molecule has 0 fully saturated rings. The van der Waals surface area contributed by atoms with Crippen molar-refractivity contribution in [3.63, 3.8) is 0 Å². The summed E-state index contributed by atoms with van der Waals surface area (Å²) in [7, 11) is 1.42. The van der Waals surface area contributed by atoms with E-state index >= 15 is 0 Å². The molecule has 0 aromatic heterocycles. The van der Waals surface area contributed by atoms with Gasteiger partial charge in [-0.1, -0.05) is 6.07 Å². The highest BCUT2D eigenvalue weighted by atomic mass is 16.6. The molecule has 1 rings (SSSR count). The highest BCUT2D eigenvalue weighted by molar-refractivity contribution is 5.91. The topological polar surface area (TPSA) is 84.9 Å². The van der Waals surface area contributed by atoms with E-state index in [1.807, 2.05) is 0 Å². The first-order valence-electron chi connectivity index (χ1n) is 6.60. The highest BCUT2D eigenvalue weighted by Gasteiger charge is 2.16. The maximum Gasteiger partial charge on any atom is 0.407 e. The molecule has 0 aliphatic rings. The lowest BCUT2D eigenvalue weighted by Gasteiger charge is -2.19. The van der Waals surface area contributed by atoms with Gasteiger partial charge in [0.2, 0.25) is 0 Å². The maximum absolute atomic E-state index is 11.5. The fourth-order valence-corrected chi connectivity index (χ4v) is 1.70. The second-order valence-corrected chi connectivity index (χ2v) is 5.52. The number of hydrogen-bond donors (Lipinski definition) is 2. The van der Waals surface area contributed by atoms with Crippen LogP contribution in [-0.4, -0.2) is 36.4 Å². The van der Waals surface area contributed by atoms with Gasteiger partial charge in [0.25, 0.3) is 0 Å². The van der Waals surface area contributed by atoms with Crippen LogP contribution in [0.2, 0.25) is 0 Å². The van der Waals surface area contributed by atoms with E-state index in [1.54, 1.807) is 32.9 Å². The number of aromatic carboxylic acids is 1. The van der Waals surface area contributed by atoms with E-state index in [-0.39, 0.29) is 5.56 Å². The summed E-state index contributed by atoms with van der Waals surface area (Å²) in [4.78, 5) is 22.6. The van der Waals surface area contributed by atoms with Gasteiger partial charge in [0.15, 0.2) is 0 Å². The molecule has 1 aromatic rings. The number of alkyl carbamates (subject to hydrolysis) is 1. The predicted molar refractivity (Wildman–Crippen MR) is 77.9 cm³/mol.